The molecule has 0 aliphatic rings. The molecular weight excluding hydrogens is 311 g/mol. The zero-order valence-electron chi connectivity index (χ0n) is 13.6. The third-order valence-electron chi connectivity index (χ3n) is 4.33. The molecule has 0 bridgehead atoms. The summed E-state index contributed by atoms with van der Waals surface area (Å²) < 4.78 is 19.2. The fourth-order valence-electron chi connectivity index (χ4n) is 3.19. The van der Waals surface area contributed by atoms with Crippen LogP contribution in [0, 0.1) is 17.6 Å². The number of aromatic amines is 1. The largest absolute Gasteiger partial charge is 0.496 e. The van der Waals surface area contributed by atoms with Crippen LogP contribution >= 0.6 is 0 Å². The van der Waals surface area contributed by atoms with Gasteiger partial charge in [0.15, 0.2) is 5.69 Å². The Labute approximate surface area is 138 Å². The van der Waals surface area contributed by atoms with E-state index < -0.39 is 0 Å². The van der Waals surface area contributed by atoms with Crippen LogP contribution < -0.4 is 4.74 Å². The predicted octanol–water partition coefficient (Wildman–Crippen LogP) is 4.96. The number of ether oxygens (including phenoxy) is 1. The molecule has 1 heterocycles. The van der Waals surface area contributed by atoms with Gasteiger partial charge in [-0.1, -0.05) is 6.92 Å². The highest BCUT2D eigenvalue weighted by Crippen LogP contribution is 2.43. The highest BCUT2D eigenvalue weighted by atomic mass is 19.1. The van der Waals surface area contributed by atoms with Gasteiger partial charge in [-0.05, 0) is 59.5 Å². The zero-order valence-corrected chi connectivity index (χ0v) is 13.6. The van der Waals surface area contributed by atoms with Crippen molar-refractivity contribution in [2.75, 3.05) is 7.11 Å². The van der Waals surface area contributed by atoms with Crippen LogP contribution in [-0.4, -0.2) is 17.2 Å². The molecule has 0 atom stereocenters. The second-order valence-electron chi connectivity index (χ2n) is 5.56. The van der Waals surface area contributed by atoms with E-state index in [-0.39, 0.29) is 17.4 Å². The maximum atomic E-state index is 13.8. The second-order valence-corrected chi connectivity index (χ2v) is 5.56. The van der Waals surface area contributed by atoms with Crippen molar-refractivity contribution in [1.29, 1.82) is 0 Å². The van der Waals surface area contributed by atoms with Gasteiger partial charge >= 0.3 is 0 Å². The van der Waals surface area contributed by atoms with Gasteiger partial charge in [0, 0.05) is 10.9 Å². The molecule has 0 aliphatic heterocycles. The Balaban J connectivity index is 2.43. The number of H-pyrrole nitrogens is 1. The minimum absolute atomic E-state index is 0.0487. The van der Waals surface area contributed by atoms with Crippen LogP contribution in [0.25, 0.3) is 22.0 Å². The van der Waals surface area contributed by atoms with Gasteiger partial charge in [0.25, 0.3) is 0 Å². The maximum absolute atomic E-state index is 13.8. The summed E-state index contributed by atoms with van der Waals surface area (Å²) in [7, 11) is 1.52. The van der Waals surface area contributed by atoms with E-state index in [1.54, 1.807) is 12.1 Å². The van der Waals surface area contributed by atoms with Gasteiger partial charge in [-0.2, -0.15) is 0 Å². The highest BCUT2D eigenvalue weighted by Gasteiger charge is 2.20. The van der Waals surface area contributed by atoms with E-state index in [9.17, 15) is 14.4 Å². The van der Waals surface area contributed by atoms with Gasteiger partial charge in [0.05, 0.1) is 12.6 Å². The van der Waals surface area contributed by atoms with Gasteiger partial charge in [-0.25, -0.2) is 4.39 Å². The van der Waals surface area contributed by atoms with Crippen LogP contribution in [0.5, 0.6) is 11.6 Å². The first-order valence-corrected chi connectivity index (χ1v) is 7.56. The predicted molar refractivity (Wildman–Crippen MR) is 91.5 cm³/mol. The number of nitroso groups, excluding NO2 is 1. The number of benzene rings is 2. The summed E-state index contributed by atoms with van der Waals surface area (Å²) in [5, 5.41) is 13.3. The first-order chi connectivity index (χ1) is 11.5. The Morgan fingerprint density at radius 3 is 2.67 bits per heavy atom. The summed E-state index contributed by atoms with van der Waals surface area (Å²) in [5.74, 6) is -0.116. The van der Waals surface area contributed by atoms with Crippen molar-refractivity contribution in [1.82, 2.24) is 4.98 Å². The van der Waals surface area contributed by atoms with Crippen LogP contribution in [-0.2, 0) is 6.42 Å². The molecule has 3 aromatic rings. The third kappa shape index (κ3) is 2.31. The van der Waals surface area contributed by atoms with Gasteiger partial charge in [-0.3, -0.25) is 0 Å². The lowest BCUT2D eigenvalue weighted by atomic mass is 9.91. The minimum Gasteiger partial charge on any atom is -0.496 e. The summed E-state index contributed by atoms with van der Waals surface area (Å²) in [6.07, 6.45) is 0.695. The molecule has 0 radical (unpaired) electrons. The van der Waals surface area contributed by atoms with Crippen LogP contribution in [0.1, 0.15) is 18.1 Å². The molecule has 0 spiro atoms. The van der Waals surface area contributed by atoms with Gasteiger partial charge in [-0.15, -0.1) is 4.91 Å². The Morgan fingerprint density at radius 1 is 1.29 bits per heavy atom. The first-order valence-electron chi connectivity index (χ1n) is 7.56. The SMILES string of the molecule is CCc1c(-c2cc(F)ccc2OC)cc2c(N=O)c(O)[nH]c2c1C. The Kier molecular flexibility index (Phi) is 3.97. The number of aromatic nitrogens is 1. The molecule has 1 aromatic heterocycles. The number of halogens is 1. The van der Waals surface area contributed by atoms with Crippen molar-refractivity contribution in [3.05, 3.63) is 46.1 Å². The van der Waals surface area contributed by atoms with Crippen molar-refractivity contribution in [2.24, 2.45) is 5.18 Å². The maximum Gasteiger partial charge on any atom is 0.219 e. The number of hydrogen-bond donors (Lipinski definition) is 2. The Bertz CT molecular complexity index is 947. The van der Waals surface area contributed by atoms with Crippen LogP contribution in [0.15, 0.2) is 29.4 Å². The van der Waals surface area contributed by atoms with Gasteiger partial charge in [0.2, 0.25) is 5.88 Å². The van der Waals surface area contributed by atoms with E-state index in [0.29, 0.717) is 28.6 Å². The molecule has 0 saturated carbocycles. The number of hydrogen-bond acceptors (Lipinski definition) is 4. The van der Waals surface area contributed by atoms with Crippen molar-refractivity contribution >= 4 is 16.6 Å². The summed E-state index contributed by atoms with van der Waals surface area (Å²) in [6.45, 7) is 3.88. The number of fused-ring (bicyclic) bond motifs is 1. The molecule has 3 rings (SSSR count). The fraction of sp³-hybridized carbons (Fsp3) is 0.222. The minimum atomic E-state index is -0.378. The average molecular weight is 328 g/mol. The lowest BCUT2D eigenvalue weighted by molar-refractivity contribution is 0.415. The molecule has 0 amide bonds. The van der Waals surface area contributed by atoms with Crippen molar-refractivity contribution < 1.29 is 14.2 Å². The van der Waals surface area contributed by atoms with E-state index in [0.717, 1.165) is 16.7 Å². The smallest absolute Gasteiger partial charge is 0.219 e. The number of aryl methyl sites for hydroxylation is 1. The van der Waals surface area contributed by atoms with E-state index in [1.807, 2.05) is 13.8 Å². The summed E-state index contributed by atoms with van der Waals surface area (Å²) in [6, 6.07) is 6.04. The van der Waals surface area contributed by atoms with E-state index in [4.69, 9.17) is 4.74 Å². The lowest BCUT2D eigenvalue weighted by Gasteiger charge is -2.15. The van der Waals surface area contributed by atoms with Gasteiger partial charge in [0.1, 0.15) is 11.6 Å². The Hall–Kier alpha value is -2.89. The quantitative estimate of drug-likeness (QED) is 0.665. The van der Waals surface area contributed by atoms with Crippen LogP contribution in [0.3, 0.4) is 0 Å². The van der Waals surface area contributed by atoms with Crippen LogP contribution in [0.4, 0.5) is 10.1 Å². The third-order valence-corrected chi connectivity index (χ3v) is 4.33. The molecule has 0 saturated heterocycles. The molecule has 124 valence electrons. The topological polar surface area (TPSA) is 74.7 Å². The average Bonchev–Trinajstić information content (AvgIpc) is 2.90. The van der Waals surface area contributed by atoms with E-state index in [1.165, 1.54) is 19.2 Å². The van der Waals surface area contributed by atoms with E-state index in [2.05, 4.69) is 10.2 Å². The molecule has 2 aromatic carbocycles. The number of methoxy groups -OCH3 is 1. The standard InChI is InChI=1S/C18H17FN2O3/c1-4-11-9(2)16-14(17(21-23)18(22)20-16)8-12(11)13-7-10(19)5-6-15(13)24-3/h5-8,20,22H,4H2,1-3H3. The molecule has 5 nitrogen and oxygen atoms in total. The number of rotatable bonds is 4. The first kappa shape index (κ1) is 16.0. The summed E-state index contributed by atoms with van der Waals surface area (Å²) >= 11 is 0. The molecule has 0 aliphatic carbocycles. The van der Waals surface area contributed by atoms with Crippen LogP contribution in [0.2, 0.25) is 0 Å². The normalized spacial score (nSPS) is 11.0. The number of nitrogens with one attached hydrogen (secondary N) is 1. The number of nitrogens with zero attached hydrogens (tertiary/aromatic N) is 1. The summed E-state index contributed by atoms with van der Waals surface area (Å²) in [4.78, 5) is 13.9. The highest BCUT2D eigenvalue weighted by molar-refractivity contribution is 6.00. The molecule has 24 heavy (non-hydrogen) atoms. The van der Waals surface area contributed by atoms with Crippen molar-refractivity contribution in [3.63, 3.8) is 0 Å². The molecule has 0 fully saturated rings. The fourth-order valence-corrected chi connectivity index (χ4v) is 3.19. The van der Waals surface area contributed by atoms with Crippen molar-refractivity contribution in [2.45, 2.75) is 20.3 Å². The lowest BCUT2D eigenvalue weighted by Crippen LogP contribution is -1.96. The molecule has 2 N–H and O–H groups in total. The number of aromatic hydroxyl groups is 1. The zero-order chi connectivity index (χ0) is 17.4. The van der Waals surface area contributed by atoms with Crippen molar-refractivity contribution in [3.8, 4) is 22.8 Å². The molecule has 0 unspecified atom stereocenters. The van der Waals surface area contributed by atoms with E-state index >= 15 is 0 Å². The molecule has 6 heteroatoms. The summed E-state index contributed by atoms with van der Waals surface area (Å²) in [5.41, 5.74) is 3.80. The van der Waals surface area contributed by atoms with Gasteiger partial charge < -0.3 is 14.8 Å². The molecular formula is C18H17FN2O3. The second kappa shape index (κ2) is 5.96. The monoisotopic (exact) mass is 328 g/mol. The Morgan fingerprint density at radius 2 is 2.04 bits per heavy atom.